The van der Waals surface area contributed by atoms with Crippen LogP contribution < -0.4 is 10.6 Å². The zero-order chi connectivity index (χ0) is 24.4. The van der Waals surface area contributed by atoms with E-state index in [1.165, 1.54) is 16.4 Å². The first kappa shape index (κ1) is 26.5. The van der Waals surface area contributed by atoms with E-state index in [1.807, 2.05) is 25.1 Å². The molecule has 0 heterocycles. The minimum Gasteiger partial charge on any atom is -0.325 e. The van der Waals surface area contributed by atoms with E-state index in [1.54, 1.807) is 49.9 Å². The van der Waals surface area contributed by atoms with Gasteiger partial charge in [-0.05, 0) is 50.2 Å². The summed E-state index contributed by atoms with van der Waals surface area (Å²) in [4.78, 5) is 27.4. The van der Waals surface area contributed by atoms with Gasteiger partial charge in [0.25, 0.3) is 0 Å². The zero-order valence-corrected chi connectivity index (χ0v) is 20.6. The van der Waals surface area contributed by atoms with E-state index in [0.29, 0.717) is 31.0 Å². The molecule has 0 spiro atoms. The van der Waals surface area contributed by atoms with E-state index >= 15 is 0 Å². The molecule has 33 heavy (non-hydrogen) atoms. The van der Waals surface area contributed by atoms with Gasteiger partial charge in [-0.2, -0.15) is 4.31 Å². The first-order chi connectivity index (χ1) is 15.7. The van der Waals surface area contributed by atoms with Gasteiger partial charge in [-0.1, -0.05) is 45.0 Å². The smallest absolute Gasteiger partial charge is 0.243 e. The molecule has 0 aromatic heterocycles. The van der Waals surface area contributed by atoms with Crippen molar-refractivity contribution in [3.05, 3.63) is 54.6 Å². The zero-order valence-electron chi connectivity index (χ0n) is 19.7. The van der Waals surface area contributed by atoms with Crippen molar-refractivity contribution in [2.75, 3.05) is 36.8 Å². The molecule has 2 rings (SSSR count). The molecule has 2 N–H and O–H groups in total. The summed E-state index contributed by atoms with van der Waals surface area (Å²) < 4.78 is 26.9. The third kappa shape index (κ3) is 7.38. The lowest BCUT2D eigenvalue weighted by molar-refractivity contribution is -0.123. The number of benzene rings is 2. The number of hydrogen-bond acceptors (Lipinski definition) is 5. The van der Waals surface area contributed by atoms with Gasteiger partial charge in [0.1, 0.15) is 0 Å². The highest BCUT2D eigenvalue weighted by Gasteiger charge is 2.24. The fourth-order valence-corrected chi connectivity index (χ4v) is 4.97. The molecule has 8 nitrogen and oxygen atoms in total. The van der Waals surface area contributed by atoms with E-state index in [0.717, 1.165) is 6.42 Å². The number of nitrogens with one attached hydrogen (secondary N) is 2. The number of carbonyl (C=O) groups excluding carboxylic acids is 2. The minimum atomic E-state index is -3.63. The van der Waals surface area contributed by atoms with Gasteiger partial charge in [0, 0.05) is 24.5 Å². The summed E-state index contributed by atoms with van der Waals surface area (Å²) in [6.45, 7) is 8.60. The Labute approximate surface area is 197 Å². The Balaban J connectivity index is 2.08. The van der Waals surface area contributed by atoms with E-state index in [9.17, 15) is 18.0 Å². The summed E-state index contributed by atoms with van der Waals surface area (Å²) in [5, 5.41) is 5.63. The van der Waals surface area contributed by atoms with Crippen LogP contribution in [0.3, 0.4) is 0 Å². The molecule has 1 atom stereocenters. The van der Waals surface area contributed by atoms with Crippen molar-refractivity contribution < 1.29 is 18.0 Å². The monoisotopic (exact) mass is 474 g/mol. The molecule has 0 saturated heterocycles. The van der Waals surface area contributed by atoms with Crippen molar-refractivity contribution in [3.8, 4) is 0 Å². The topological polar surface area (TPSA) is 98.8 Å². The molecule has 2 aromatic rings. The van der Waals surface area contributed by atoms with Crippen LogP contribution in [-0.4, -0.2) is 61.7 Å². The summed E-state index contributed by atoms with van der Waals surface area (Å²) in [5.74, 6) is -0.519. The van der Waals surface area contributed by atoms with Crippen LogP contribution in [0.4, 0.5) is 11.4 Å². The van der Waals surface area contributed by atoms with Gasteiger partial charge in [-0.3, -0.25) is 14.5 Å². The highest BCUT2D eigenvalue weighted by atomic mass is 32.2. The van der Waals surface area contributed by atoms with Gasteiger partial charge in [0.2, 0.25) is 21.8 Å². The van der Waals surface area contributed by atoms with Crippen molar-refractivity contribution in [1.29, 1.82) is 0 Å². The lowest BCUT2D eigenvalue weighted by atomic mass is 10.2. The quantitative estimate of drug-likeness (QED) is 0.491. The molecule has 9 heteroatoms. The van der Waals surface area contributed by atoms with Gasteiger partial charge in [0.15, 0.2) is 0 Å². The SMILES string of the molecule is CCCN(CC(=O)Nc1cccc(S(=O)(=O)N(CC)CC)c1)C(C)C(=O)Nc1ccccc1. The molecule has 0 bridgehead atoms. The molecule has 0 aliphatic carbocycles. The first-order valence-electron chi connectivity index (χ1n) is 11.2. The standard InChI is InChI=1S/C24H34N4O4S/c1-5-16-27(19(4)24(30)26-20-12-9-8-10-13-20)18-23(29)25-21-14-11-15-22(17-21)33(31,32)28(6-2)7-3/h8-15,17,19H,5-7,16,18H2,1-4H3,(H,25,29)(H,26,30). The number of para-hydroxylation sites is 1. The lowest BCUT2D eigenvalue weighted by Crippen LogP contribution is -2.46. The van der Waals surface area contributed by atoms with Gasteiger partial charge in [-0.25, -0.2) is 8.42 Å². The van der Waals surface area contributed by atoms with Gasteiger partial charge in [0.05, 0.1) is 17.5 Å². The molecule has 0 radical (unpaired) electrons. The van der Waals surface area contributed by atoms with Crippen LogP contribution >= 0.6 is 0 Å². The fraction of sp³-hybridized carbons (Fsp3) is 0.417. The summed E-state index contributed by atoms with van der Waals surface area (Å²) in [6.07, 6.45) is 0.772. The average molecular weight is 475 g/mol. The molecule has 2 aromatic carbocycles. The Bertz CT molecular complexity index is 1020. The van der Waals surface area contributed by atoms with Crippen molar-refractivity contribution in [3.63, 3.8) is 0 Å². The van der Waals surface area contributed by atoms with Gasteiger partial charge in [-0.15, -0.1) is 0 Å². The van der Waals surface area contributed by atoms with Crippen LogP contribution in [0.2, 0.25) is 0 Å². The van der Waals surface area contributed by atoms with Crippen molar-refractivity contribution >= 4 is 33.2 Å². The lowest BCUT2D eigenvalue weighted by Gasteiger charge is -2.27. The van der Waals surface area contributed by atoms with Crippen LogP contribution in [0.1, 0.15) is 34.1 Å². The Hall–Kier alpha value is -2.75. The second kappa shape index (κ2) is 12.5. The van der Waals surface area contributed by atoms with E-state index in [2.05, 4.69) is 10.6 Å². The molecule has 180 valence electrons. The van der Waals surface area contributed by atoms with E-state index < -0.39 is 16.1 Å². The van der Waals surface area contributed by atoms with Crippen LogP contribution in [0, 0.1) is 0 Å². The third-order valence-corrected chi connectivity index (χ3v) is 7.33. The number of amides is 2. The van der Waals surface area contributed by atoms with E-state index in [4.69, 9.17) is 0 Å². The number of nitrogens with zero attached hydrogens (tertiary/aromatic N) is 2. The summed E-state index contributed by atoms with van der Waals surface area (Å²) >= 11 is 0. The molecule has 0 aliphatic heterocycles. The predicted molar refractivity (Wildman–Crippen MR) is 132 cm³/mol. The van der Waals surface area contributed by atoms with Crippen molar-refractivity contribution in [2.24, 2.45) is 0 Å². The molecule has 0 saturated carbocycles. The maximum atomic E-state index is 12.8. The predicted octanol–water partition coefficient (Wildman–Crippen LogP) is 3.39. The first-order valence-corrected chi connectivity index (χ1v) is 12.7. The van der Waals surface area contributed by atoms with Gasteiger partial charge < -0.3 is 10.6 Å². The second-order valence-electron chi connectivity index (χ2n) is 7.67. The summed E-state index contributed by atoms with van der Waals surface area (Å²) in [7, 11) is -3.63. The van der Waals surface area contributed by atoms with Crippen molar-refractivity contribution in [2.45, 2.75) is 45.1 Å². The average Bonchev–Trinajstić information content (AvgIpc) is 2.79. The maximum Gasteiger partial charge on any atom is 0.243 e. The molecular formula is C24H34N4O4S. The highest BCUT2D eigenvalue weighted by molar-refractivity contribution is 7.89. The number of sulfonamides is 1. The molecule has 1 unspecified atom stereocenters. The van der Waals surface area contributed by atoms with Crippen LogP contribution in [0.5, 0.6) is 0 Å². The summed E-state index contributed by atoms with van der Waals surface area (Å²) in [5.41, 5.74) is 1.09. The molecule has 2 amide bonds. The number of carbonyl (C=O) groups is 2. The molecular weight excluding hydrogens is 440 g/mol. The van der Waals surface area contributed by atoms with Crippen LogP contribution in [0.15, 0.2) is 59.5 Å². The van der Waals surface area contributed by atoms with Crippen LogP contribution in [-0.2, 0) is 19.6 Å². The Morgan fingerprint density at radius 3 is 2.15 bits per heavy atom. The van der Waals surface area contributed by atoms with E-state index in [-0.39, 0.29) is 23.3 Å². The normalized spacial score (nSPS) is 12.5. The maximum absolute atomic E-state index is 12.8. The Morgan fingerprint density at radius 1 is 0.909 bits per heavy atom. The number of anilines is 2. The number of hydrogen-bond donors (Lipinski definition) is 2. The Morgan fingerprint density at radius 2 is 1.55 bits per heavy atom. The van der Waals surface area contributed by atoms with Gasteiger partial charge >= 0.3 is 0 Å². The Kier molecular flexibility index (Phi) is 10.0. The molecule has 0 fully saturated rings. The second-order valence-corrected chi connectivity index (χ2v) is 9.60. The van der Waals surface area contributed by atoms with Crippen LogP contribution in [0.25, 0.3) is 0 Å². The minimum absolute atomic E-state index is 0.00421. The molecule has 0 aliphatic rings. The largest absolute Gasteiger partial charge is 0.325 e. The summed E-state index contributed by atoms with van der Waals surface area (Å²) in [6, 6.07) is 14.9. The fourth-order valence-electron chi connectivity index (χ4n) is 3.46. The van der Waals surface area contributed by atoms with Crippen molar-refractivity contribution in [1.82, 2.24) is 9.21 Å². The third-order valence-electron chi connectivity index (χ3n) is 5.29. The number of rotatable bonds is 12. The highest BCUT2D eigenvalue weighted by Crippen LogP contribution is 2.19.